The van der Waals surface area contributed by atoms with Crippen LogP contribution in [0.1, 0.15) is 33.6 Å². The van der Waals surface area contributed by atoms with Crippen LogP contribution in [-0.4, -0.2) is 51.3 Å². The number of carbonyl (C=O) groups excluding carboxylic acids is 2. The second-order valence-electron chi connectivity index (χ2n) is 7.53. The molecule has 1 unspecified atom stereocenters. The zero-order valence-electron chi connectivity index (χ0n) is 17.2. The summed E-state index contributed by atoms with van der Waals surface area (Å²) < 4.78 is 27.6. The highest BCUT2D eigenvalue weighted by molar-refractivity contribution is 7.89. The van der Waals surface area contributed by atoms with Crippen LogP contribution < -0.4 is 10.0 Å². The molecule has 1 aromatic carbocycles. The van der Waals surface area contributed by atoms with Gasteiger partial charge in [0.1, 0.15) is 0 Å². The van der Waals surface area contributed by atoms with Gasteiger partial charge in [-0.1, -0.05) is 18.2 Å². The van der Waals surface area contributed by atoms with Crippen LogP contribution in [0.3, 0.4) is 0 Å². The van der Waals surface area contributed by atoms with Gasteiger partial charge in [-0.2, -0.15) is 0 Å². The molecule has 0 bridgehead atoms. The van der Waals surface area contributed by atoms with Crippen LogP contribution in [0.25, 0.3) is 0 Å². The molecule has 0 spiro atoms. The van der Waals surface area contributed by atoms with Gasteiger partial charge in [0.05, 0.1) is 15.7 Å². The highest BCUT2D eigenvalue weighted by Crippen LogP contribution is 2.21. The van der Waals surface area contributed by atoms with Crippen molar-refractivity contribution in [1.82, 2.24) is 14.9 Å². The molecule has 0 saturated carbocycles. The van der Waals surface area contributed by atoms with E-state index >= 15 is 0 Å². The fraction of sp³-hybridized carbons (Fsp3) is 0.429. The van der Waals surface area contributed by atoms with Crippen LogP contribution in [0.2, 0.25) is 0 Å². The maximum Gasteiger partial charge on any atom is 0.263 e. The Labute approximate surface area is 181 Å². The maximum atomic E-state index is 12.5. The molecule has 1 saturated heterocycles. The van der Waals surface area contributed by atoms with E-state index in [4.69, 9.17) is 0 Å². The molecule has 1 aliphatic heterocycles. The molecule has 1 fully saturated rings. The lowest BCUT2D eigenvalue weighted by Gasteiger charge is -2.31. The SMILES string of the molecule is Cc1ccc(C)c(S(=O)(=O)NCCNC(=O)C2CCCN(C(=O)c3cccs3)C2)c1. The average molecular weight is 450 g/mol. The number of benzene rings is 1. The molecule has 7 nitrogen and oxygen atoms in total. The fourth-order valence-corrected chi connectivity index (χ4v) is 5.57. The number of amides is 2. The van der Waals surface area contributed by atoms with Gasteiger partial charge in [-0.05, 0) is 55.3 Å². The van der Waals surface area contributed by atoms with Crippen molar-refractivity contribution in [2.24, 2.45) is 5.92 Å². The van der Waals surface area contributed by atoms with Crippen molar-refractivity contribution < 1.29 is 18.0 Å². The predicted molar refractivity (Wildman–Crippen MR) is 117 cm³/mol. The molecule has 1 atom stereocenters. The first kappa shape index (κ1) is 22.5. The number of likely N-dealkylation sites (tertiary alicyclic amines) is 1. The first-order valence-corrected chi connectivity index (χ1v) is 12.3. The molecular formula is C21H27N3O4S2. The first-order chi connectivity index (χ1) is 14.3. The first-order valence-electron chi connectivity index (χ1n) is 9.95. The van der Waals surface area contributed by atoms with E-state index in [1.165, 1.54) is 11.3 Å². The summed E-state index contributed by atoms with van der Waals surface area (Å²) in [4.78, 5) is 27.7. The Morgan fingerprint density at radius 3 is 2.73 bits per heavy atom. The van der Waals surface area contributed by atoms with Gasteiger partial charge < -0.3 is 10.2 Å². The monoisotopic (exact) mass is 449 g/mol. The third kappa shape index (κ3) is 5.47. The number of hydrogen-bond donors (Lipinski definition) is 2. The van der Waals surface area contributed by atoms with E-state index in [9.17, 15) is 18.0 Å². The predicted octanol–water partition coefficient (Wildman–Crippen LogP) is 2.31. The van der Waals surface area contributed by atoms with Gasteiger partial charge in [0.2, 0.25) is 15.9 Å². The van der Waals surface area contributed by atoms with Crippen molar-refractivity contribution in [3.63, 3.8) is 0 Å². The third-order valence-electron chi connectivity index (χ3n) is 5.16. The molecule has 162 valence electrons. The molecule has 3 rings (SSSR count). The molecule has 30 heavy (non-hydrogen) atoms. The summed E-state index contributed by atoms with van der Waals surface area (Å²) in [6.45, 7) is 4.93. The molecule has 0 aliphatic carbocycles. The summed E-state index contributed by atoms with van der Waals surface area (Å²) >= 11 is 1.40. The van der Waals surface area contributed by atoms with Gasteiger partial charge in [0, 0.05) is 26.2 Å². The largest absolute Gasteiger partial charge is 0.354 e. The van der Waals surface area contributed by atoms with E-state index in [-0.39, 0.29) is 35.7 Å². The molecule has 1 aromatic heterocycles. The molecule has 2 heterocycles. The van der Waals surface area contributed by atoms with Gasteiger partial charge in [-0.15, -0.1) is 11.3 Å². The highest BCUT2D eigenvalue weighted by atomic mass is 32.2. The van der Waals surface area contributed by atoms with E-state index in [2.05, 4.69) is 10.0 Å². The smallest absolute Gasteiger partial charge is 0.263 e. The molecule has 2 aromatic rings. The molecule has 1 aliphatic rings. The Hall–Kier alpha value is -2.23. The van der Waals surface area contributed by atoms with Crippen LogP contribution in [0.4, 0.5) is 0 Å². The zero-order chi connectivity index (χ0) is 21.7. The number of aryl methyl sites for hydroxylation is 2. The summed E-state index contributed by atoms with van der Waals surface area (Å²) in [5.41, 5.74) is 1.54. The quantitative estimate of drug-likeness (QED) is 0.634. The Bertz CT molecular complexity index is 1000. The summed E-state index contributed by atoms with van der Waals surface area (Å²) in [6, 6.07) is 8.91. The van der Waals surface area contributed by atoms with Crippen molar-refractivity contribution in [3.05, 3.63) is 51.7 Å². The average Bonchev–Trinajstić information content (AvgIpc) is 3.27. The van der Waals surface area contributed by atoms with Crippen LogP contribution in [0.15, 0.2) is 40.6 Å². The Balaban J connectivity index is 1.48. The summed E-state index contributed by atoms with van der Waals surface area (Å²) in [5.74, 6) is -0.466. The molecule has 2 N–H and O–H groups in total. The second kappa shape index (κ2) is 9.72. The number of piperidine rings is 1. The molecular weight excluding hydrogens is 422 g/mol. The number of carbonyl (C=O) groups is 2. The summed E-state index contributed by atoms with van der Waals surface area (Å²) in [6.07, 6.45) is 1.49. The summed E-state index contributed by atoms with van der Waals surface area (Å²) in [7, 11) is -3.63. The Kier molecular flexibility index (Phi) is 7.27. The van der Waals surface area contributed by atoms with Crippen LogP contribution in [0, 0.1) is 19.8 Å². The minimum Gasteiger partial charge on any atom is -0.354 e. The number of nitrogens with one attached hydrogen (secondary N) is 2. The molecule has 9 heteroatoms. The number of thiophene rings is 1. The van der Waals surface area contributed by atoms with E-state index < -0.39 is 10.0 Å². The number of rotatable bonds is 7. The van der Waals surface area contributed by atoms with Crippen LogP contribution >= 0.6 is 11.3 Å². The number of nitrogens with zero attached hydrogens (tertiary/aromatic N) is 1. The topological polar surface area (TPSA) is 95.6 Å². The maximum absolute atomic E-state index is 12.5. The number of hydrogen-bond acceptors (Lipinski definition) is 5. The van der Waals surface area contributed by atoms with Crippen molar-refractivity contribution in [3.8, 4) is 0 Å². The Morgan fingerprint density at radius 1 is 1.20 bits per heavy atom. The molecule has 2 amide bonds. The molecule has 0 radical (unpaired) electrons. The lowest BCUT2D eigenvalue weighted by Crippen LogP contribution is -2.46. The lowest BCUT2D eigenvalue weighted by molar-refractivity contribution is -0.126. The van der Waals surface area contributed by atoms with Crippen LogP contribution in [0.5, 0.6) is 0 Å². The van der Waals surface area contributed by atoms with Gasteiger partial charge in [0.25, 0.3) is 5.91 Å². The zero-order valence-corrected chi connectivity index (χ0v) is 18.8. The van der Waals surface area contributed by atoms with E-state index in [1.807, 2.05) is 24.4 Å². The van der Waals surface area contributed by atoms with Gasteiger partial charge in [-0.25, -0.2) is 13.1 Å². The van der Waals surface area contributed by atoms with Gasteiger partial charge in [-0.3, -0.25) is 9.59 Å². The lowest BCUT2D eigenvalue weighted by atomic mass is 9.97. The van der Waals surface area contributed by atoms with Gasteiger partial charge in [0.15, 0.2) is 0 Å². The minimum atomic E-state index is -3.63. The third-order valence-corrected chi connectivity index (χ3v) is 7.62. The standard InChI is InChI=1S/C21H27N3O4S2/c1-15-7-8-16(2)19(13-15)30(27,28)23-10-9-22-20(25)17-5-3-11-24(14-17)21(26)18-6-4-12-29-18/h4,6-8,12-13,17,23H,3,5,9-11,14H2,1-2H3,(H,22,25). The van der Waals surface area contributed by atoms with Crippen molar-refractivity contribution >= 4 is 33.2 Å². The Morgan fingerprint density at radius 2 is 2.00 bits per heavy atom. The number of sulfonamides is 1. The van der Waals surface area contributed by atoms with E-state index in [1.54, 1.807) is 30.0 Å². The second-order valence-corrected chi connectivity index (χ2v) is 10.2. The fourth-order valence-electron chi connectivity index (χ4n) is 3.52. The van der Waals surface area contributed by atoms with E-state index in [0.29, 0.717) is 30.0 Å². The van der Waals surface area contributed by atoms with Crippen LogP contribution in [-0.2, 0) is 14.8 Å². The minimum absolute atomic E-state index is 0.0382. The van der Waals surface area contributed by atoms with Crippen molar-refractivity contribution in [2.45, 2.75) is 31.6 Å². The van der Waals surface area contributed by atoms with Gasteiger partial charge >= 0.3 is 0 Å². The summed E-state index contributed by atoms with van der Waals surface area (Å²) in [5, 5.41) is 4.66. The van der Waals surface area contributed by atoms with E-state index in [0.717, 1.165) is 12.0 Å². The van der Waals surface area contributed by atoms with Crippen molar-refractivity contribution in [1.29, 1.82) is 0 Å². The highest BCUT2D eigenvalue weighted by Gasteiger charge is 2.29. The normalized spacial score (nSPS) is 17.0. The van der Waals surface area contributed by atoms with Crippen molar-refractivity contribution in [2.75, 3.05) is 26.2 Å².